The summed E-state index contributed by atoms with van der Waals surface area (Å²) in [5, 5.41) is 12.5. The number of piperidine rings is 1. The highest BCUT2D eigenvalue weighted by Gasteiger charge is 2.38. The van der Waals surface area contributed by atoms with Crippen LogP contribution >= 0.6 is 0 Å². The van der Waals surface area contributed by atoms with Gasteiger partial charge in [0.05, 0.1) is 24.2 Å². The zero-order chi connectivity index (χ0) is 31.1. The van der Waals surface area contributed by atoms with Crippen molar-refractivity contribution in [2.75, 3.05) is 43.0 Å². The lowest BCUT2D eigenvalue weighted by Gasteiger charge is -2.36. The molecule has 1 unspecified atom stereocenters. The van der Waals surface area contributed by atoms with Crippen LogP contribution < -0.4 is 9.80 Å². The fraction of sp³-hybridized carbons (Fsp3) is 0.567. The van der Waals surface area contributed by atoms with Gasteiger partial charge in [0, 0.05) is 25.3 Å². The minimum absolute atomic E-state index is 0.132. The Morgan fingerprint density at radius 3 is 2.09 bits per heavy atom. The van der Waals surface area contributed by atoms with Crippen LogP contribution in [0.2, 0.25) is 0 Å². The largest absolute Gasteiger partial charge is 0.416 e. The lowest BCUT2D eigenvalue weighted by molar-refractivity contribution is -0.143. The van der Waals surface area contributed by atoms with Crippen LogP contribution in [0.15, 0.2) is 30.3 Å². The van der Waals surface area contributed by atoms with E-state index in [1.54, 1.807) is 11.9 Å². The number of alkyl halides is 6. The summed E-state index contributed by atoms with van der Waals surface area (Å²) in [4.78, 5) is 7.70. The van der Waals surface area contributed by atoms with Gasteiger partial charge in [0.25, 0.3) is 5.95 Å². The topological polar surface area (TPSA) is 53.3 Å². The zero-order valence-corrected chi connectivity index (χ0v) is 24.8. The van der Waals surface area contributed by atoms with Crippen LogP contribution in [0.5, 0.6) is 0 Å². The first-order valence-corrected chi connectivity index (χ1v) is 14.5. The van der Waals surface area contributed by atoms with Crippen molar-refractivity contribution < 1.29 is 26.3 Å². The molecule has 7 nitrogen and oxygen atoms in total. The highest BCUT2D eigenvalue weighted by molar-refractivity contribution is 5.64. The van der Waals surface area contributed by atoms with Gasteiger partial charge in [0.1, 0.15) is 0 Å². The molecule has 0 amide bonds. The lowest BCUT2D eigenvalue weighted by atomic mass is 9.93. The maximum absolute atomic E-state index is 13.7. The fourth-order valence-corrected chi connectivity index (χ4v) is 6.50. The summed E-state index contributed by atoms with van der Waals surface area (Å²) in [5.41, 5.74) is 1.32. The van der Waals surface area contributed by atoms with Crippen molar-refractivity contribution in [3.05, 3.63) is 63.7 Å². The summed E-state index contributed by atoms with van der Waals surface area (Å²) < 4.78 is 82.3. The normalized spacial score (nSPS) is 18.9. The number of fused-ring (bicyclic) bond motifs is 1. The van der Waals surface area contributed by atoms with Gasteiger partial charge in [-0.15, -0.1) is 5.10 Å². The molecule has 2 aliphatic rings. The molecule has 1 fully saturated rings. The third-order valence-corrected chi connectivity index (χ3v) is 8.50. The number of anilines is 2. The Balaban J connectivity index is 1.58. The Morgan fingerprint density at radius 2 is 1.51 bits per heavy atom. The second-order valence-corrected chi connectivity index (χ2v) is 12.0. The Bertz CT molecular complexity index is 1390. The molecule has 3 heterocycles. The molecule has 2 aliphatic heterocycles. The van der Waals surface area contributed by atoms with E-state index < -0.39 is 29.5 Å². The van der Waals surface area contributed by atoms with E-state index in [-0.39, 0.29) is 24.1 Å². The molecule has 0 spiro atoms. The summed E-state index contributed by atoms with van der Waals surface area (Å²) in [7, 11) is 3.70. The Kier molecular flexibility index (Phi) is 8.65. The van der Waals surface area contributed by atoms with Gasteiger partial charge in [-0.25, -0.2) is 0 Å². The Morgan fingerprint density at radius 1 is 0.860 bits per heavy atom. The Labute approximate surface area is 247 Å². The summed E-state index contributed by atoms with van der Waals surface area (Å²) in [5.74, 6) is 0.678. The van der Waals surface area contributed by atoms with Crippen molar-refractivity contribution in [3.8, 4) is 0 Å². The van der Waals surface area contributed by atoms with E-state index in [1.807, 2.05) is 6.92 Å². The molecule has 5 rings (SSSR count). The number of likely N-dealkylation sites (tertiary alicyclic amines) is 1. The fourth-order valence-electron chi connectivity index (χ4n) is 6.50. The first kappa shape index (κ1) is 31.1. The van der Waals surface area contributed by atoms with Crippen LogP contribution in [-0.4, -0.2) is 58.3 Å². The minimum atomic E-state index is -4.94. The highest BCUT2D eigenvalue weighted by Crippen LogP contribution is 2.43. The van der Waals surface area contributed by atoms with Crippen molar-refractivity contribution in [1.29, 1.82) is 0 Å². The number of aromatic nitrogens is 4. The van der Waals surface area contributed by atoms with E-state index in [0.717, 1.165) is 80.0 Å². The summed E-state index contributed by atoms with van der Waals surface area (Å²) in [6, 6.07) is 5.52. The smallest absolute Gasteiger partial charge is 0.371 e. The van der Waals surface area contributed by atoms with Gasteiger partial charge >= 0.3 is 12.4 Å². The molecule has 0 bridgehead atoms. The average Bonchev–Trinajstić information content (AvgIpc) is 3.26. The standard InChI is InChI=1S/C30H37F6N7/c1-19-12-20(2)27-25(13-19)26(6-5-9-42(27)17-21-7-10-40(3)11-8-21)43(28-37-39-41(4)38-28)18-22-14-23(29(31,32)33)16-24(15-22)30(34,35)36/h12-16,21,26H,5-11,17-18H2,1-4H3. The maximum Gasteiger partial charge on any atom is 0.416 e. The molecule has 3 aromatic rings. The van der Waals surface area contributed by atoms with Crippen molar-refractivity contribution in [3.63, 3.8) is 0 Å². The first-order chi connectivity index (χ1) is 20.2. The van der Waals surface area contributed by atoms with E-state index in [0.29, 0.717) is 12.3 Å². The van der Waals surface area contributed by atoms with Crippen LogP contribution in [0.25, 0.3) is 0 Å². The molecule has 1 atom stereocenters. The van der Waals surface area contributed by atoms with Crippen LogP contribution in [0.4, 0.5) is 38.0 Å². The molecule has 0 saturated carbocycles. The lowest BCUT2D eigenvalue weighted by Crippen LogP contribution is -2.38. The van der Waals surface area contributed by atoms with Gasteiger partial charge < -0.3 is 14.7 Å². The molecule has 234 valence electrons. The number of benzene rings is 2. The number of tetrazole rings is 1. The highest BCUT2D eigenvalue weighted by atomic mass is 19.4. The average molecular weight is 610 g/mol. The molecular formula is C30H37F6N7. The van der Waals surface area contributed by atoms with Crippen LogP contribution in [0.1, 0.15) is 65.1 Å². The number of aryl methyl sites for hydroxylation is 3. The third kappa shape index (κ3) is 7.08. The second-order valence-electron chi connectivity index (χ2n) is 12.0. The van der Waals surface area contributed by atoms with Crippen molar-refractivity contribution in [1.82, 2.24) is 25.1 Å². The van der Waals surface area contributed by atoms with Crippen LogP contribution in [0.3, 0.4) is 0 Å². The predicted octanol–water partition coefficient (Wildman–Crippen LogP) is 6.55. The van der Waals surface area contributed by atoms with E-state index >= 15 is 0 Å². The minimum Gasteiger partial charge on any atom is -0.371 e. The van der Waals surface area contributed by atoms with Crippen molar-refractivity contribution >= 4 is 11.6 Å². The molecule has 1 aromatic heterocycles. The molecule has 13 heteroatoms. The molecule has 2 aromatic carbocycles. The van der Waals surface area contributed by atoms with Gasteiger partial charge in [-0.05, 0) is 106 Å². The summed E-state index contributed by atoms with van der Waals surface area (Å²) >= 11 is 0. The zero-order valence-electron chi connectivity index (χ0n) is 24.8. The van der Waals surface area contributed by atoms with Crippen molar-refractivity contribution in [2.45, 2.75) is 64.5 Å². The molecule has 1 saturated heterocycles. The van der Waals surface area contributed by atoms with E-state index in [9.17, 15) is 26.3 Å². The van der Waals surface area contributed by atoms with Gasteiger partial charge in [-0.1, -0.05) is 22.8 Å². The van der Waals surface area contributed by atoms with E-state index in [1.165, 1.54) is 4.80 Å². The van der Waals surface area contributed by atoms with E-state index in [4.69, 9.17) is 0 Å². The number of rotatable bonds is 6. The number of hydrogen-bond donors (Lipinski definition) is 0. The van der Waals surface area contributed by atoms with Crippen molar-refractivity contribution in [2.24, 2.45) is 13.0 Å². The quantitative estimate of drug-likeness (QED) is 0.296. The van der Waals surface area contributed by atoms with Crippen LogP contribution in [0, 0.1) is 19.8 Å². The van der Waals surface area contributed by atoms with Gasteiger partial charge in [0.2, 0.25) is 0 Å². The molecular weight excluding hydrogens is 572 g/mol. The van der Waals surface area contributed by atoms with Crippen LogP contribution in [-0.2, 0) is 25.9 Å². The molecule has 43 heavy (non-hydrogen) atoms. The number of halogens is 6. The summed E-state index contributed by atoms with van der Waals surface area (Å²) in [6.45, 7) is 7.57. The number of hydrogen-bond acceptors (Lipinski definition) is 6. The third-order valence-electron chi connectivity index (χ3n) is 8.50. The number of nitrogens with zero attached hydrogens (tertiary/aromatic N) is 7. The van der Waals surface area contributed by atoms with Gasteiger partial charge in [-0.2, -0.15) is 31.1 Å². The molecule has 0 radical (unpaired) electrons. The second kappa shape index (κ2) is 12.0. The molecule has 0 aliphatic carbocycles. The predicted molar refractivity (Wildman–Crippen MR) is 152 cm³/mol. The first-order valence-electron chi connectivity index (χ1n) is 14.5. The van der Waals surface area contributed by atoms with E-state index in [2.05, 4.69) is 51.3 Å². The van der Waals surface area contributed by atoms with Gasteiger partial charge in [0.15, 0.2) is 0 Å². The Hall–Kier alpha value is -3.35. The van der Waals surface area contributed by atoms with Gasteiger partial charge in [-0.3, -0.25) is 0 Å². The molecule has 0 N–H and O–H groups in total. The summed E-state index contributed by atoms with van der Waals surface area (Å²) in [6.07, 6.45) is -6.29. The monoisotopic (exact) mass is 609 g/mol. The maximum atomic E-state index is 13.7. The SMILES string of the molecule is Cc1cc(C)c2c(c1)C(N(Cc1cc(C(F)(F)F)cc(C(F)(F)F)c1)c1nnn(C)n1)CCCN2CC1CCN(C)CC1.